The first-order valence-electron chi connectivity index (χ1n) is 11.0. The van der Waals surface area contributed by atoms with E-state index in [-0.39, 0.29) is 12.8 Å². The highest BCUT2D eigenvalue weighted by molar-refractivity contribution is 5.86. The maximum Gasteiger partial charge on any atom is 0.302 e. The first kappa shape index (κ1) is 20.3. The lowest BCUT2D eigenvalue weighted by molar-refractivity contribution is -0.141. The molecule has 2 bridgehead atoms. The van der Waals surface area contributed by atoms with Gasteiger partial charge >= 0.3 is 5.97 Å². The zero-order valence-electron chi connectivity index (χ0n) is 18.2. The number of aromatic nitrogens is 1. The molecule has 0 amide bonds. The molecule has 0 spiro atoms. The third kappa shape index (κ3) is 3.77. The zero-order chi connectivity index (χ0) is 20.6. The van der Waals surface area contributed by atoms with E-state index >= 15 is 0 Å². The van der Waals surface area contributed by atoms with E-state index in [4.69, 9.17) is 9.47 Å². The number of unbranched alkanes of at least 4 members (excludes halogenated alkanes) is 1. The average molecular weight is 401 g/mol. The number of carbonyl (C=O) groups excluding carboxylic acids is 1. The molecule has 4 rings (SSSR count). The number of benzene rings is 1. The number of nitrogens with zero attached hydrogens (tertiary/aromatic N) is 1. The van der Waals surface area contributed by atoms with Crippen LogP contribution in [0.5, 0.6) is 5.75 Å². The molecule has 0 saturated carbocycles. The van der Waals surface area contributed by atoms with Gasteiger partial charge in [0, 0.05) is 49.5 Å². The highest BCUT2D eigenvalue weighted by atomic mass is 16.5. The van der Waals surface area contributed by atoms with Gasteiger partial charge in [-0.1, -0.05) is 6.92 Å². The minimum absolute atomic E-state index is 0. The molecule has 1 N–H and O–H groups in total. The molecule has 1 fully saturated rings. The first-order valence-corrected chi connectivity index (χ1v) is 11.0. The molecular formula is C24H36N2O3. The quantitative estimate of drug-likeness (QED) is 0.565. The zero-order valence-corrected chi connectivity index (χ0v) is 18.2. The number of carbonyl (C=O) groups is 1. The van der Waals surface area contributed by atoms with Crippen LogP contribution in [0.15, 0.2) is 18.2 Å². The van der Waals surface area contributed by atoms with Gasteiger partial charge in [0.1, 0.15) is 5.75 Å². The summed E-state index contributed by atoms with van der Waals surface area (Å²) in [7, 11) is 1.74. The SMILES string of the molecule is COc1ccc2[nH]c3c(c2c1)CCN1C[C@@H](CCCCOC(C)=O)CC3(C)C1C.[HH]. The highest BCUT2D eigenvalue weighted by Crippen LogP contribution is 2.47. The van der Waals surface area contributed by atoms with Crippen molar-refractivity contribution in [2.75, 3.05) is 26.8 Å². The summed E-state index contributed by atoms with van der Waals surface area (Å²) in [6, 6.07) is 6.92. The number of methoxy groups -OCH3 is 1. The fraction of sp³-hybridized carbons (Fsp3) is 0.625. The Bertz CT molecular complexity index is 896. The van der Waals surface area contributed by atoms with E-state index in [2.05, 4.69) is 35.9 Å². The van der Waals surface area contributed by atoms with Crippen molar-refractivity contribution in [3.8, 4) is 5.75 Å². The molecule has 2 aliphatic rings. The van der Waals surface area contributed by atoms with Crippen LogP contribution in [-0.4, -0.2) is 48.7 Å². The molecule has 0 radical (unpaired) electrons. The van der Waals surface area contributed by atoms with Crippen molar-refractivity contribution in [2.24, 2.45) is 5.92 Å². The van der Waals surface area contributed by atoms with E-state index in [1.807, 2.05) is 6.07 Å². The fourth-order valence-electron chi connectivity index (χ4n) is 5.62. The number of piperidine rings is 1. The van der Waals surface area contributed by atoms with E-state index in [9.17, 15) is 4.79 Å². The molecule has 29 heavy (non-hydrogen) atoms. The Hall–Kier alpha value is -2.01. The van der Waals surface area contributed by atoms with Gasteiger partial charge in [0.15, 0.2) is 0 Å². The van der Waals surface area contributed by atoms with Crippen LogP contribution in [-0.2, 0) is 21.4 Å². The Morgan fingerprint density at radius 3 is 2.97 bits per heavy atom. The standard InChI is InChI=1S/C24H34N2O3.H2/c1-16-24(3)14-18(7-5-6-12-29-17(2)27)15-26(16)11-10-20-21-13-19(28-4)8-9-22(21)25-23(20)24;/h8-9,13,16,18,25H,5-7,10-12,14-15H2,1-4H3;1H/t16?,18-,24?;/m0./s1. The van der Waals surface area contributed by atoms with Gasteiger partial charge in [0.05, 0.1) is 13.7 Å². The fourth-order valence-corrected chi connectivity index (χ4v) is 5.62. The minimum Gasteiger partial charge on any atom is -0.497 e. The Labute approximate surface area is 175 Å². The molecule has 5 nitrogen and oxygen atoms in total. The summed E-state index contributed by atoms with van der Waals surface area (Å²) >= 11 is 0. The van der Waals surface area contributed by atoms with Crippen LogP contribution in [0, 0.1) is 5.92 Å². The monoisotopic (exact) mass is 400 g/mol. The van der Waals surface area contributed by atoms with Crippen LogP contribution in [0.4, 0.5) is 0 Å². The van der Waals surface area contributed by atoms with Gasteiger partial charge in [-0.05, 0) is 68.7 Å². The van der Waals surface area contributed by atoms with Gasteiger partial charge in [-0.15, -0.1) is 0 Å². The van der Waals surface area contributed by atoms with Gasteiger partial charge < -0.3 is 14.5 Å². The molecule has 0 aliphatic carbocycles. The number of nitrogens with one attached hydrogen (secondary N) is 1. The highest BCUT2D eigenvalue weighted by Gasteiger charge is 2.46. The molecular weight excluding hydrogens is 364 g/mol. The topological polar surface area (TPSA) is 54.6 Å². The summed E-state index contributed by atoms with van der Waals surface area (Å²) in [5.74, 6) is 1.43. The maximum absolute atomic E-state index is 10.9. The number of fused-ring (bicyclic) bond motifs is 6. The lowest BCUT2D eigenvalue weighted by atomic mass is 9.68. The van der Waals surface area contributed by atoms with Gasteiger partial charge in [-0.3, -0.25) is 9.69 Å². The molecule has 2 aromatic rings. The molecule has 2 aliphatic heterocycles. The van der Waals surface area contributed by atoms with E-state index in [0.29, 0.717) is 18.6 Å². The Kier molecular flexibility index (Phi) is 5.60. The number of esters is 1. The summed E-state index contributed by atoms with van der Waals surface area (Å²) in [6.45, 7) is 9.17. The molecule has 1 aromatic carbocycles. The van der Waals surface area contributed by atoms with Gasteiger partial charge in [0.25, 0.3) is 0 Å². The predicted molar refractivity (Wildman–Crippen MR) is 118 cm³/mol. The molecule has 3 unspecified atom stereocenters. The second-order valence-electron chi connectivity index (χ2n) is 9.13. The summed E-state index contributed by atoms with van der Waals surface area (Å²) < 4.78 is 10.6. The minimum atomic E-state index is -0.177. The third-order valence-corrected chi connectivity index (χ3v) is 7.32. The number of hydrogen-bond acceptors (Lipinski definition) is 4. The lowest BCUT2D eigenvalue weighted by Gasteiger charge is -2.48. The molecule has 3 heterocycles. The molecule has 5 heteroatoms. The average Bonchev–Trinajstić information content (AvgIpc) is 3.05. The van der Waals surface area contributed by atoms with Crippen molar-refractivity contribution in [1.82, 2.24) is 9.88 Å². The van der Waals surface area contributed by atoms with Crippen LogP contribution >= 0.6 is 0 Å². The number of aromatic amines is 1. The van der Waals surface area contributed by atoms with Crippen molar-refractivity contribution in [3.05, 3.63) is 29.5 Å². The van der Waals surface area contributed by atoms with Crippen LogP contribution < -0.4 is 4.74 Å². The van der Waals surface area contributed by atoms with E-state index < -0.39 is 0 Å². The summed E-state index contributed by atoms with van der Waals surface area (Å²) in [6.07, 6.45) is 5.56. The van der Waals surface area contributed by atoms with E-state index in [1.165, 1.54) is 48.5 Å². The molecule has 1 aromatic heterocycles. The van der Waals surface area contributed by atoms with Gasteiger partial charge in [0.2, 0.25) is 0 Å². The Balaban J connectivity index is 0.00000256. The number of ether oxygens (including phenoxy) is 2. The normalized spacial score (nSPS) is 28.6. The number of H-pyrrole nitrogens is 1. The van der Waals surface area contributed by atoms with Crippen molar-refractivity contribution < 1.29 is 15.7 Å². The van der Waals surface area contributed by atoms with Crippen molar-refractivity contribution in [1.29, 1.82) is 0 Å². The second-order valence-corrected chi connectivity index (χ2v) is 9.13. The van der Waals surface area contributed by atoms with Crippen LogP contribution in [0.3, 0.4) is 0 Å². The second kappa shape index (κ2) is 8.02. The van der Waals surface area contributed by atoms with Gasteiger partial charge in [-0.25, -0.2) is 0 Å². The molecule has 4 atom stereocenters. The van der Waals surface area contributed by atoms with Crippen molar-refractivity contribution in [3.63, 3.8) is 0 Å². The van der Waals surface area contributed by atoms with Crippen molar-refractivity contribution in [2.45, 2.75) is 64.3 Å². The van der Waals surface area contributed by atoms with Gasteiger partial charge in [-0.2, -0.15) is 0 Å². The number of hydrogen-bond donors (Lipinski definition) is 1. The van der Waals surface area contributed by atoms with Crippen LogP contribution in [0.2, 0.25) is 0 Å². The third-order valence-electron chi connectivity index (χ3n) is 7.32. The van der Waals surface area contributed by atoms with E-state index in [0.717, 1.165) is 31.6 Å². The summed E-state index contributed by atoms with van der Waals surface area (Å²) in [5.41, 5.74) is 4.25. The summed E-state index contributed by atoms with van der Waals surface area (Å²) in [4.78, 5) is 17.4. The van der Waals surface area contributed by atoms with E-state index in [1.54, 1.807) is 7.11 Å². The first-order chi connectivity index (χ1) is 13.9. The largest absolute Gasteiger partial charge is 0.497 e. The predicted octanol–water partition coefficient (Wildman–Crippen LogP) is 4.68. The summed E-state index contributed by atoms with van der Waals surface area (Å²) in [5, 5.41) is 1.32. The molecule has 160 valence electrons. The lowest BCUT2D eigenvalue weighted by Crippen LogP contribution is -2.54. The van der Waals surface area contributed by atoms with Crippen LogP contribution in [0.1, 0.15) is 59.1 Å². The Morgan fingerprint density at radius 2 is 2.21 bits per heavy atom. The smallest absolute Gasteiger partial charge is 0.302 e. The van der Waals surface area contributed by atoms with Crippen LogP contribution in [0.25, 0.3) is 10.9 Å². The maximum atomic E-state index is 10.9. The van der Waals surface area contributed by atoms with Crippen molar-refractivity contribution >= 4 is 16.9 Å². The number of rotatable bonds is 6. The molecule has 1 saturated heterocycles. The Morgan fingerprint density at radius 1 is 1.38 bits per heavy atom.